The molecule has 0 saturated heterocycles. The fourth-order valence-corrected chi connectivity index (χ4v) is 1.94. The molecule has 19 heavy (non-hydrogen) atoms. The van der Waals surface area contributed by atoms with Crippen molar-refractivity contribution in [2.75, 3.05) is 7.11 Å². The zero-order valence-corrected chi connectivity index (χ0v) is 12.0. The lowest BCUT2D eigenvalue weighted by Crippen LogP contribution is -3.00. The molecule has 4 heteroatoms. The van der Waals surface area contributed by atoms with Crippen molar-refractivity contribution in [2.24, 2.45) is 5.73 Å². The molecule has 1 heterocycles. The van der Waals surface area contributed by atoms with Crippen molar-refractivity contribution < 1.29 is 21.6 Å². The Morgan fingerprint density at radius 3 is 2.37 bits per heavy atom. The number of methoxy groups -OCH3 is 1. The molecule has 0 fully saturated rings. The molecule has 0 radical (unpaired) electrons. The van der Waals surface area contributed by atoms with Gasteiger partial charge in [0.05, 0.1) is 7.11 Å². The maximum absolute atomic E-state index is 6.16. The predicted molar refractivity (Wildman–Crippen MR) is 71.7 cm³/mol. The summed E-state index contributed by atoms with van der Waals surface area (Å²) in [7, 11) is 1.66. The van der Waals surface area contributed by atoms with Gasteiger partial charge in [-0.05, 0) is 43.2 Å². The Balaban J connectivity index is 0.00000180. The molecule has 104 valence electrons. The van der Waals surface area contributed by atoms with E-state index >= 15 is 0 Å². The number of rotatable bonds is 5. The van der Waals surface area contributed by atoms with Gasteiger partial charge in [-0.25, -0.2) is 0 Å². The molecule has 2 aromatic rings. The van der Waals surface area contributed by atoms with E-state index in [9.17, 15) is 0 Å². The number of nitrogens with two attached hydrogens (primary N) is 1. The SMILES string of the molecule is COc1ccc(C(N)CCc2ccc(C)o2)cc1.[Cl-]. The minimum absolute atomic E-state index is 0. The molecule has 0 spiro atoms. The summed E-state index contributed by atoms with van der Waals surface area (Å²) in [5, 5.41) is 0. The van der Waals surface area contributed by atoms with Gasteiger partial charge in [-0.15, -0.1) is 0 Å². The van der Waals surface area contributed by atoms with Gasteiger partial charge in [-0.2, -0.15) is 0 Å². The maximum atomic E-state index is 6.16. The first-order valence-electron chi connectivity index (χ1n) is 6.14. The Morgan fingerprint density at radius 2 is 1.84 bits per heavy atom. The smallest absolute Gasteiger partial charge is 0.118 e. The van der Waals surface area contributed by atoms with Crippen LogP contribution in [0, 0.1) is 6.92 Å². The first-order chi connectivity index (χ1) is 8.69. The average molecular weight is 281 g/mol. The number of hydrogen-bond acceptors (Lipinski definition) is 3. The fraction of sp³-hybridized carbons (Fsp3) is 0.333. The van der Waals surface area contributed by atoms with E-state index in [1.807, 2.05) is 43.3 Å². The van der Waals surface area contributed by atoms with Crippen LogP contribution in [-0.2, 0) is 6.42 Å². The zero-order chi connectivity index (χ0) is 13.0. The minimum atomic E-state index is 0. The van der Waals surface area contributed by atoms with Crippen molar-refractivity contribution >= 4 is 0 Å². The van der Waals surface area contributed by atoms with Gasteiger partial charge in [0.2, 0.25) is 0 Å². The van der Waals surface area contributed by atoms with Gasteiger partial charge >= 0.3 is 0 Å². The Hall–Kier alpha value is -1.45. The maximum Gasteiger partial charge on any atom is 0.118 e. The first-order valence-corrected chi connectivity index (χ1v) is 6.14. The van der Waals surface area contributed by atoms with E-state index in [0.29, 0.717) is 0 Å². The molecule has 1 aromatic carbocycles. The van der Waals surface area contributed by atoms with E-state index in [1.165, 1.54) is 0 Å². The van der Waals surface area contributed by atoms with Crippen LogP contribution in [0.2, 0.25) is 0 Å². The lowest BCUT2D eigenvalue weighted by atomic mass is 10.0. The van der Waals surface area contributed by atoms with Crippen molar-refractivity contribution in [2.45, 2.75) is 25.8 Å². The molecule has 2 N–H and O–H groups in total. The standard InChI is InChI=1S/C15H19NO2.ClH/c1-11-3-6-14(18-11)9-10-15(16)12-4-7-13(17-2)8-5-12;/h3-8,15H,9-10,16H2,1-2H3;1H/p-1. The molecule has 3 nitrogen and oxygen atoms in total. The van der Waals surface area contributed by atoms with E-state index in [-0.39, 0.29) is 18.4 Å². The van der Waals surface area contributed by atoms with Crippen molar-refractivity contribution in [3.63, 3.8) is 0 Å². The van der Waals surface area contributed by atoms with Gasteiger partial charge in [0.1, 0.15) is 17.3 Å². The van der Waals surface area contributed by atoms with Crippen LogP contribution in [-0.4, -0.2) is 7.11 Å². The molecule has 1 atom stereocenters. The van der Waals surface area contributed by atoms with Crippen molar-refractivity contribution in [3.8, 4) is 5.75 Å². The Labute approximate surface area is 120 Å². The molecule has 0 aliphatic rings. The molecule has 0 saturated carbocycles. The Kier molecular flexibility index (Phi) is 5.93. The number of halogens is 1. The van der Waals surface area contributed by atoms with Crippen molar-refractivity contribution in [3.05, 3.63) is 53.5 Å². The molecule has 2 rings (SSSR count). The largest absolute Gasteiger partial charge is 1.00 e. The lowest BCUT2D eigenvalue weighted by molar-refractivity contribution is -0.00000488. The third kappa shape index (κ3) is 4.30. The van der Waals surface area contributed by atoms with Crippen LogP contribution in [0.15, 0.2) is 40.8 Å². The van der Waals surface area contributed by atoms with E-state index in [4.69, 9.17) is 14.9 Å². The predicted octanol–water partition coefficient (Wildman–Crippen LogP) is 0.233. The summed E-state index contributed by atoms with van der Waals surface area (Å²) in [6, 6.07) is 11.9. The second kappa shape index (κ2) is 7.22. The average Bonchev–Trinajstić information content (AvgIpc) is 2.82. The quantitative estimate of drug-likeness (QED) is 0.853. The van der Waals surface area contributed by atoms with Crippen molar-refractivity contribution in [1.82, 2.24) is 0 Å². The number of ether oxygens (including phenoxy) is 1. The fourth-order valence-electron chi connectivity index (χ4n) is 1.94. The van der Waals surface area contributed by atoms with Crippen LogP contribution in [0.5, 0.6) is 5.75 Å². The van der Waals surface area contributed by atoms with Crippen LogP contribution in [0.1, 0.15) is 29.5 Å². The Bertz CT molecular complexity index is 493. The monoisotopic (exact) mass is 280 g/mol. The molecular weight excluding hydrogens is 262 g/mol. The number of furan rings is 1. The number of benzene rings is 1. The highest BCUT2D eigenvalue weighted by Gasteiger charge is 2.08. The molecule has 0 amide bonds. The van der Waals surface area contributed by atoms with Gasteiger partial charge in [0, 0.05) is 12.5 Å². The van der Waals surface area contributed by atoms with Gasteiger partial charge < -0.3 is 27.3 Å². The molecule has 0 bridgehead atoms. The third-order valence-electron chi connectivity index (χ3n) is 3.04. The highest BCUT2D eigenvalue weighted by molar-refractivity contribution is 5.29. The molecule has 1 unspecified atom stereocenters. The molecular formula is C15H19ClNO2-. The molecule has 1 aromatic heterocycles. The van der Waals surface area contributed by atoms with E-state index in [2.05, 4.69) is 0 Å². The normalized spacial score (nSPS) is 11.7. The molecule has 0 aliphatic heterocycles. The summed E-state index contributed by atoms with van der Waals surface area (Å²) in [6.45, 7) is 1.95. The van der Waals surface area contributed by atoms with E-state index < -0.39 is 0 Å². The summed E-state index contributed by atoms with van der Waals surface area (Å²) >= 11 is 0. The van der Waals surface area contributed by atoms with Gasteiger partial charge in [-0.3, -0.25) is 0 Å². The second-order valence-electron chi connectivity index (χ2n) is 4.43. The lowest BCUT2D eigenvalue weighted by Gasteiger charge is -2.11. The number of aryl methyl sites for hydroxylation is 2. The summed E-state index contributed by atoms with van der Waals surface area (Å²) in [4.78, 5) is 0. The summed E-state index contributed by atoms with van der Waals surface area (Å²) in [5.41, 5.74) is 7.28. The third-order valence-corrected chi connectivity index (χ3v) is 3.04. The minimum Gasteiger partial charge on any atom is -1.00 e. The van der Waals surface area contributed by atoms with Crippen LogP contribution in [0.3, 0.4) is 0 Å². The van der Waals surface area contributed by atoms with E-state index in [0.717, 1.165) is 35.7 Å². The van der Waals surface area contributed by atoms with Gasteiger partial charge in [0.15, 0.2) is 0 Å². The van der Waals surface area contributed by atoms with Crippen molar-refractivity contribution in [1.29, 1.82) is 0 Å². The van der Waals surface area contributed by atoms with Crippen LogP contribution >= 0.6 is 0 Å². The Morgan fingerprint density at radius 1 is 1.16 bits per heavy atom. The van der Waals surface area contributed by atoms with Gasteiger partial charge in [-0.1, -0.05) is 12.1 Å². The first kappa shape index (κ1) is 15.6. The highest BCUT2D eigenvalue weighted by atomic mass is 35.5. The van der Waals surface area contributed by atoms with Crippen LogP contribution in [0.4, 0.5) is 0 Å². The van der Waals surface area contributed by atoms with E-state index in [1.54, 1.807) is 7.11 Å². The van der Waals surface area contributed by atoms with Crippen LogP contribution < -0.4 is 22.9 Å². The summed E-state index contributed by atoms with van der Waals surface area (Å²) in [5.74, 6) is 2.80. The second-order valence-corrected chi connectivity index (χ2v) is 4.43. The summed E-state index contributed by atoms with van der Waals surface area (Å²) < 4.78 is 10.7. The summed E-state index contributed by atoms with van der Waals surface area (Å²) in [6.07, 6.45) is 1.74. The van der Waals surface area contributed by atoms with Gasteiger partial charge in [0.25, 0.3) is 0 Å². The topological polar surface area (TPSA) is 48.4 Å². The molecule has 0 aliphatic carbocycles. The highest BCUT2D eigenvalue weighted by Crippen LogP contribution is 2.20. The zero-order valence-electron chi connectivity index (χ0n) is 11.2. The van der Waals surface area contributed by atoms with Crippen LogP contribution in [0.25, 0.3) is 0 Å². The number of hydrogen-bond donors (Lipinski definition) is 1.